The van der Waals surface area contributed by atoms with Gasteiger partial charge >= 0.3 is 0 Å². The Morgan fingerprint density at radius 3 is 2.36 bits per heavy atom. The lowest BCUT2D eigenvalue weighted by atomic mass is 10.1. The smallest absolute Gasteiger partial charge is 0.265 e. The van der Waals surface area contributed by atoms with Gasteiger partial charge in [0.15, 0.2) is 14.9 Å². The van der Waals surface area contributed by atoms with Gasteiger partial charge in [-0.15, -0.1) is 0 Å². The summed E-state index contributed by atoms with van der Waals surface area (Å²) in [6.45, 7) is 14.5. The Morgan fingerprint density at radius 1 is 1.07 bits per heavy atom. The fourth-order valence-electron chi connectivity index (χ4n) is 2.87. The Hall–Kier alpha value is -2.11. The number of anilines is 1. The van der Waals surface area contributed by atoms with Crippen molar-refractivity contribution in [1.29, 1.82) is 0 Å². The summed E-state index contributed by atoms with van der Waals surface area (Å²) in [4.78, 5) is 14.3. The molecule has 0 fully saturated rings. The molecular formula is C23H31NO3Si. The van der Waals surface area contributed by atoms with E-state index >= 15 is 0 Å². The third kappa shape index (κ3) is 4.47. The first-order chi connectivity index (χ1) is 13.1. The highest BCUT2D eigenvalue weighted by molar-refractivity contribution is 6.74. The van der Waals surface area contributed by atoms with Crippen LogP contribution < -0.4 is 9.64 Å². The van der Waals surface area contributed by atoms with Crippen LogP contribution >= 0.6 is 0 Å². The van der Waals surface area contributed by atoms with Gasteiger partial charge in [-0.05, 0) is 48.3 Å². The largest absolute Gasteiger partial charge is 0.482 e. The van der Waals surface area contributed by atoms with E-state index in [1.54, 1.807) is 0 Å². The van der Waals surface area contributed by atoms with Gasteiger partial charge < -0.3 is 14.1 Å². The minimum Gasteiger partial charge on any atom is -0.482 e. The second-order valence-corrected chi connectivity index (χ2v) is 13.9. The number of rotatable bonds is 5. The van der Waals surface area contributed by atoms with Crippen molar-refractivity contribution >= 4 is 19.9 Å². The average molecular weight is 398 g/mol. The van der Waals surface area contributed by atoms with E-state index in [2.05, 4.69) is 65.1 Å². The zero-order valence-corrected chi connectivity index (χ0v) is 18.8. The maximum atomic E-state index is 12.5. The number of benzene rings is 2. The zero-order chi connectivity index (χ0) is 20.5. The van der Waals surface area contributed by atoms with Gasteiger partial charge in [-0.1, -0.05) is 56.7 Å². The van der Waals surface area contributed by atoms with Crippen molar-refractivity contribution in [3.05, 3.63) is 59.2 Å². The van der Waals surface area contributed by atoms with E-state index in [4.69, 9.17) is 9.16 Å². The number of fused-ring (bicyclic) bond motifs is 1. The molecule has 1 aliphatic heterocycles. The lowest BCUT2D eigenvalue weighted by Crippen LogP contribution is -2.40. The number of hydrogen-bond donors (Lipinski definition) is 0. The van der Waals surface area contributed by atoms with Crippen LogP contribution in [0.15, 0.2) is 42.5 Å². The van der Waals surface area contributed by atoms with Gasteiger partial charge in [0.1, 0.15) is 5.75 Å². The monoisotopic (exact) mass is 397 g/mol. The van der Waals surface area contributed by atoms with Crippen LogP contribution in [-0.4, -0.2) is 20.8 Å². The lowest BCUT2D eigenvalue weighted by molar-refractivity contribution is -0.121. The summed E-state index contributed by atoms with van der Waals surface area (Å²) in [5.41, 5.74) is 4.22. The van der Waals surface area contributed by atoms with E-state index in [0.29, 0.717) is 13.2 Å². The molecule has 150 valence electrons. The van der Waals surface area contributed by atoms with Crippen molar-refractivity contribution in [1.82, 2.24) is 0 Å². The van der Waals surface area contributed by atoms with Gasteiger partial charge in [-0.25, -0.2) is 0 Å². The minimum absolute atomic E-state index is 0.0154. The van der Waals surface area contributed by atoms with Crippen molar-refractivity contribution in [2.45, 2.75) is 59.0 Å². The summed E-state index contributed by atoms with van der Waals surface area (Å²) in [6, 6.07) is 14.3. The molecule has 0 atom stereocenters. The van der Waals surface area contributed by atoms with E-state index in [1.807, 2.05) is 23.1 Å². The summed E-state index contributed by atoms with van der Waals surface area (Å²) >= 11 is 0. The minimum atomic E-state index is -1.81. The maximum Gasteiger partial charge on any atom is 0.265 e. The molecule has 0 saturated carbocycles. The maximum absolute atomic E-state index is 12.5. The van der Waals surface area contributed by atoms with Crippen LogP contribution in [-0.2, 0) is 22.4 Å². The highest BCUT2D eigenvalue weighted by Gasteiger charge is 2.37. The number of aryl methyl sites for hydroxylation is 1. The molecule has 28 heavy (non-hydrogen) atoms. The van der Waals surface area contributed by atoms with Crippen LogP contribution in [0, 0.1) is 6.92 Å². The second-order valence-electron chi connectivity index (χ2n) is 9.11. The first-order valence-electron chi connectivity index (χ1n) is 9.82. The van der Waals surface area contributed by atoms with E-state index < -0.39 is 8.32 Å². The number of carbonyl (C=O) groups is 1. The van der Waals surface area contributed by atoms with Crippen molar-refractivity contribution in [2.75, 3.05) is 11.5 Å². The van der Waals surface area contributed by atoms with Crippen LogP contribution in [0.5, 0.6) is 5.75 Å². The fourth-order valence-corrected chi connectivity index (χ4v) is 3.83. The van der Waals surface area contributed by atoms with Gasteiger partial charge in [0.2, 0.25) is 0 Å². The van der Waals surface area contributed by atoms with Crippen LogP contribution in [0.3, 0.4) is 0 Å². The number of hydrogen-bond acceptors (Lipinski definition) is 3. The van der Waals surface area contributed by atoms with Crippen molar-refractivity contribution in [3.63, 3.8) is 0 Å². The first-order valence-corrected chi connectivity index (χ1v) is 12.7. The molecule has 0 saturated heterocycles. The molecule has 0 unspecified atom stereocenters. The fraction of sp³-hybridized carbons (Fsp3) is 0.435. The molecule has 0 bridgehead atoms. The predicted octanol–water partition coefficient (Wildman–Crippen LogP) is 5.44. The molecule has 1 aliphatic rings. The zero-order valence-electron chi connectivity index (χ0n) is 17.8. The summed E-state index contributed by atoms with van der Waals surface area (Å²) in [5, 5.41) is 0.176. The number of nitrogens with zero attached hydrogens (tertiary/aromatic N) is 1. The molecule has 0 aromatic heterocycles. The Labute approximate surface area is 169 Å². The molecule has 0 N–H and O–H groups in total. The molecule has 2 aromatic carbocycles. The average Bonchev–Trinajstić information content (AvgIpc) is 2.63. The Morgan fingerprint density at radius 2 is 1.71 bits per heavy atom. The van der Waals surface area contributed by atoms with Crippen LogP contribution in [0.25, 0.3) is 0 Å². The van der Waals surface area contributed by atoms with Crippen molar-refractivity contribution in [2.24, 2.45) is 0 Å². The Kier molecular flexibility index (Phi) is 5.68. The number of carbonyl (C=O) groups excluding carboxylic acids is 1. The second kappa shape index (κ2) is 7.72. The van der Waals surface area contributed by atoms with Crippen LogP contribution in [0.4, 0.5) is 5.69 Å². The molecule has 4 nitrogen and oxygen atoms in total. The van der Waals surface area contributed by atoms with E-state index in [9.17, 15) is 4.79 Å². The summed E-state index contributed by atoms with van der Waals surface area (Å²) in [5.74, 6) is 0.737. The predicted molar refractivity (Wildman–Crippen MR) is 116 cm³/mol. The molecule has 0 radical (unpaired) electrons. The molecule has 1 heterocycles. The third-order valence-electron chi connectivity index (χ3n) is 5.83. The Balaban J connectivity index is 1.77. The van der Waals surface area contributed by atoms with Crippen molar-refractivity contribution < 1.29 is 14.0 Å². The number of amides is 1. The molecule has 0 aliphatic carbocycles. The van der Waals surface area contributed by atoms with Crippen molar-refractivity contribution in [3.8, 4) is 5.75 Å². The molecule has 1 amide bonds. The summed E-state index contributed by atoms with van der Waals surface area (Å²) in [6.07, 6.45) is 0. The summed E-state index contributed by atoms with van der Waals surface area (Å²) < 4.78 is 12.1. The van der Waals surface area contributed by atoms with E-state index in [0.717, 1.165) is 22.6 Å². The van der Waals surface area contributed by atoms with Gasteiger partial charge in [0, 0.05) is 0 Å². The SMILES string of the molecule is Cc1ccc(CN2C(=O)COc3cc(CO[Si](C)(C)C(C)(C)C)ccc32)cc1. The van der Waals surface area contributed by atoms with Gasteiger partial charge in [-0.2, -0.15) is 0 Å². The molecule has 5 heteroatoms. The topological polar surface area (TPSA) is 38.8 Å². The first kappa shape index (κ1) is 20.6. The van der Waals surface area contributed by atoms with E-state index in [-0.39, 0.29) is 17.6 Å². The van der Waals surface area contributed by atoms with Gasteiger partial charge in [-0.3, -0.25) is 4.79 Å². The highest BCUT2D eigenvalue weighted by Crippen LogP contribution is 2.38. The standard InChI is InChI=1S/C23H31NO3Si/c1-17-7-9-18(10-8-17)14-24-20-12-11-19(13-21(20)26-16-22(24)25)15-27-28(5,6)23(2,3)4/h7-13H,14-16H2,1-6H3. The number of ether oxygens (including phenoxy) is 1. The molecular weight excluding hydrogens is 366 g/mol. The highest BCUT2D eigenvalue weighted by atomic mass is 28.4. The van der Waals surface area contributed by atoms with Crippen LogP contribution in [0.2, 0.25) is 18.1 Å². The Bertz CT molecular complexity index is 853. The van der Waals surface area contributed by atoms with Crippen LogP contribution in [0.1, 0.15) is 37.5 Å². The quantitative estimate of drug-likeness (QED) is 0.630. The van der Waals surface area contributed by atoms with E-state index in [1.165, 1.54) is 5.56 Å². The summed E-state index contributed by atoms with van der Waals surface area (Å²) in [7, 11) is -1.81. The van der Waals surface area contributed by atoms with Gasteiger partial charge in [0.05, 0.1) is 18.8 Å². The van der Waals surface area contributed by atoms with Gasteiger partial charge in [0.25, 0.3) is 5.91 Å². The molecule has 3 rings (SSSR count). The third-order valence-corrected chi connectivity index (χ3v) is 10.3. The molecule has 0 spiro atoms. The normalized spacial score (nSPS) is 14.6. The lowest BCUT2D eigenvalue weighted by Gasteiger charge is -2.36. The molecule has 2 aromatic rings.